The molecule has 17 heteroatoms. The lowest BCUT2D eigenvalue weighted by Gasteiger charge is -2.36. The number of ether oxygens (including phenoxy) is 2. The summed E-state index contributed by atoms with van der Waals surface area (Å²) in [4.78, 5) is 81.0. The summed E-state index contributed by atoms with van der Waals surface area (Å²) in [5, 5.41) is 12.5. The van der Waals surface area contributed by atoms with Crippen molar-refractivity contribution in [1.29, 1.82) is 0 Å². The summed E-state index contributed by atoms with van der Waals surface area (Å²) in [6.45, 7) is 14.1. The highest BCUT2D eigenvalue weighted by Crippen LogP contribution is 2.48. The number of carbonyl (C=O) groups is 5. The molecule has 0 bridgehead atoms. The van der Waals surface area contributed by atoms with Crippen molar-refractivity contribution in [3.8, 4) is 27.7 Å². The van der Waals surface area contributed by atoms with Crippen molar-refractivity contribution in [3.63, 3.8) is 0 Å². The van der Waals surface area contributed by atoms with E-state index in [1.165, 1.54) is 94.9 Å². The summed E-state index contributed by atoms with van der Waals surface area (Å²) < 4.78 is 25.7. The molecule has 5 amide bonds. The van der Waals surface area contributed by atoms with Crippen LogP contribution < -0.4 is 35.6 Å². The number of pyridine rings is 1. The van der Waals surface area contributed by atoms with Crippen molar-refractivity contribution in [2.45, 2.75) is 182 Å². The number of fused-ring (bicyclic) bond motifs is 1. The normalized spacial score (nSPS) is 14.6. The summed E-state index contributed by atoms with van der Waals surface area (Å²) in [5.41, 5.74) is 6.03. The first-order valence-electron chi connectivity index (χ1n) is 31.7. The molecule has 0 radical (unpaired) electrons. The number of aryl methyl sites for hydroxylation is 1. The van der Waals surface area contributed by atoms with E-state index in [2.05, 4.69) is 37.2 Å². The van der Waals surface area contributed by atoms with E-state index in [9.17, 15) is 28.4 Å². The molecule has 6 aromatic rings. The van der Waals surface area contributed by atoms with E-state index in [-0.39, 0.29) is 23.6 Å². The Labute approximate surface area is 518 Å². The number of hydrogen-bond donors (Lipinski definition) is 4. The minimum Gasteiger partial charge on any atom is -0.495 e. The van der Waals surface area contributed by atoms with Crippen LogP contribution in [0.3, 0.4) is 0 Å². The van der Waals surface area contributed by atoms with Gasteiger partial charge in [0.05, 0.1) is 34.4 Å². The Morgan fingerprint density at radius 3 is 1.90 bits per heavy atom. The molecule has 87 heavy (non-hydrogen) atoms. The van der Waals surface area contributed by atoms with E-state index < -0.39 is 34.6 Å². The van der Waals surface area contributed by atoms with Gasteiger partial charge in [-0.15, -0.1) is 11.3 Å². The zero-order valence-corrected chi connectivity index (χ0v) is 53.1. The van der Waals surface area contributed by atoms with Gasteiger partial charge in [-0.2, -0.15) is 0 Å². The zero-order chi connectivity index (χ0) is 61.9. The Morgan fingerprint density at radius 2 is 1.34 bits per heavy atom. The van der Waals surface area contributed by atoms with Crippen molar-refractivity contribution >= 4 is 68.8 Å². The number of halogens is 1. The third-order valence-electron chi connectivity index (χ3n) is 17.4. The Hall–Kier alpha value is -7.40. The number of rotatable bonds is 32. The van der Waals surface area contributed by atoms with Gasteiger partial charge in [0, 0.05) is 55.6 Å². The highest BCUT2D eigenvalue weighted by atomic mass is 32.1. The molecule has 4 aromatic carbocycles. The Kier molecular flexibility index (Phi) is 23.7. The van der Waals surface area contributed by atoms with E-state index in [0.29, 0.717) is 55.2 Å². The third kappa shape index (κ3) is 18.3. The predicted molar refractivity (Wildman–Crippen MR) is 347 cm³/mol. The first-order chi connectivity index (χ1) is 42.0. The molecule has 1 saturated carbocycles. The van der Waals surface area contributed by atoms with Gasteiger partial charge in [0.2, 0.25) is 29.5 Å². The van der Waals surface area contributed by atoms with Crippen molar-refractivity contribution < 1.29 is 37.8 Å². The number of nitrogens with one attached hydrogen (secondary N) is 4. The Morgan fingerprint density at radius 1 is 0.759 bits per heavy atom. The van der Waals surface area contributed by atoms with E-state index >= 15 is 0 Å². The number of likely N-dealkylation sites (N-methyl/N-ethyl adjacent to an activating group) is 1. The molecule has 2 fully saturated rings. The van der Waals surface area contributed by atoms with Crippen LogP contribution in [0.2, 0.25) is 0 Å². The smallest absolute Gasteiger partial charge is 0.246 e. The molecule has 0 unspecified atom stereocenters. The number of unbranched alkanes of at least 4 members (excludes halogenated alkanes) is 12. The molecule has 3 heterocycles. The van der Waals surface area contributed by atoms with Gasteiger partial charge in [-0.25, -0.2) is 9.37 Å². The minimum absolute atomic E-state index is 0.120. The SMILES string of the molecule is CCN(C(=O)[C@@H](NC(=O)CCCCCCCCCCCCCCCC1CCN(c2cc3nccc(Oc4ccc(NC(=O)C5(C(=O)Nc6ccc(F)cc6)CC5)cc4)c3cc2OC)CC1)C(C)(C)C)[C@@H](C)C(=O)NCc1ccc(-c2scnc2C)cc1. The number of thiazole rings is 1. The fraction of sp³-hybridized carbons (Fsp3) is 0.500. The van der Waals surface area contributed by atoms with Crippen LogP contribution in [-0.4, -0.2) is 83.2 Å². The average molecular weight is 1210 g/mol. The van der Waals surface area contributed by atoms with Gasteiger partial charge in [0.25, 0.3) is 0 Å². The van der Waals surface area contributed by atoms with Crippen LogP contribution in [0, 0.1) is 29.5 Å². The standard InChI is InChI=1S/C70H91FN8O7S/c1-8-79(49(3)65(81)73-46-51-24-26-52(27-25-51)63-48(2)74-47-87-63)66(82)64(69(4,5)6)77-62(80)23-21-19-17-15-13-11-9-10-12-14-16-18-20-22-50-37-42-78(43-38-50)59-45-58-57(44-61(59)85-7)60(36-41-72-58)86-56-34-32-55(33-35-56)76-68(84)70(39-40-70)67(83)75-54-30-28-53(71)29-31-54/h24-36,41,44-45,47,49-50,64H,8-23,37-40,42-43,46H2,1-7H3,(H,73,81)(H,75,83)(H,76,84)(H,77,80)/t49-,64+/m0/s1. The summed E-state index contributed by atoms with van der Waals surface area (Å²) in [6.07, 6.45) is 22.2. The molecule has 2 atom stereocenters. The summed E-state index contributed by atoms with van der Waals surface area (Å²) in [6, 6.07) is 25.1. The van der Waals surface area contributed by atoms with Gasteiger partial charge in [-0.3, -0.25) is 29.0 Å². The number of piperidine rings is 1. The van der Waals surface area contributed by atoms with Gasteiger partial charge >= 0.3 is 0 Å². The van der Waals surface area contributed by atoms with Crippen LogP contribution in [0.4, 0.5) is 21.5 Å². The molecule has 466 valence electrons. The van der Waals surface area contributed by atoms with E-state index in [1.54, 1.807) is 60.7 Å². The van der Waals surface area contributed by atoms with E-state index in [4.69, 9.17) is 14.5 Å². The van der Waals surface area contributed by atoms with Crippen LogP contribution in [-0.2, 0) is 30.5 Å². The topological polar surface area (TPSA) is 184 Å². The van der Waals surface area contributed by atoms with Crippen LogP contribution in [0.5, 0.6) is 17.2 Å². The first kappa shape index (κ1) is 65.6. The van der Waals surface area contributed by atoms with Gasteiger partial charge in [-0.1, -0.05) is 129 Å². The van der Waals surface area contributed by atoms with Crippen LogP contribution in [0.25, 0.3) is 21.3 Å². The molecule has 4 N–H and O–H groups in total. The maximum Gasteiger partial charge on any atom is 0.246 e. The number of anilines is 3. The summed E-state index contributed by atoms with van der Waals surface area (Å²) in [5.74, 6) is 0.925. The molecule has 0 spiro atoms. The second-order valence-electron chi connectivity index (χ2n) is 24.9. The minimum atomic E-state index is -1.16. The lowest BCUT2D eigenvalue weighted by Crippen LogP contribution is -2.58. The average Bonchev–Trinajstić information content (AvgIpc) is 2.01. The highest BCUT2D eigenvalue weighted by molar-refractivity contribution is 7.13. The van der Waals surface area contributed by atoms with E-state index in [1.807, 2.05) is 76.5 Å². The lowest BCUT2D eigenvalue weighted by molar-refractivity contribution is -0.145. The number of carbonyl (C=O) groups excluding carboxylic acids is 5. The summed E-state index contributed by atoms with van der Waals surface area (Å²) >= 11 is 1.60. The Bertz CT molecular complexity index is 3230. The first-order valence-corrected chi connectivity index (χ1v) is 32.6. The summed E-state index contributed by atoms with van der Waals surface area (Å²) in [7, 11) is 1.70. The second-order valence-corrected chi connectivity index (χ2v) is 25.7. The second kappa shape index (κ2) is 31.5. The number of amides is 5. The maximum atomic E-state index is 14.0. The van der Waals surface area contributed by atoms with Gasteiger partial charge < -0.3 is 40.5 Å². The van der Waals surface area contributed by atoms with Crippen molar-refractivity contribution in [2.24, 2.45) is 16.7 Å². The number of methoxy groups -OCH3 is 1. The maximum absolute atomic E-state index is 14.0. The fourth-order valence-corrected chi connectivity index (χ4v) is 12.5. The number of benzene rings is 4. The van der Waals surface area contributed by atoms with Crippen LogP contribution in [0.15, 0.2) is 103 Å². The number of nitrogens with zero attached hydrogens (tertiary/aromatic N) is 4. The van der Waals surface area contributed by atoms with E-state index in [0.717, 1.165) is 95.1 Å². The van der Waals surface area contributed by atoms with Gasteiger partial charge in [0.15, 0.2) is 0 Å². The number of aromatic nitrogens is 2. The molecule has 1 aliphatic heterocycles. The largest absolute Gasteiger partial charge is 0.495 e. The fourth-order valence-electron chi connectivity index (χ4n) is 11.7. The highest BCUT2D eigenvalue weighted by Gasteiger charge is 2.56. The third-order valence-corrected chi connectivity index (χ3v) is 18.3. The van der Waals surface area contributed by atoms with Crippen molar-refractivity contribution in [1.82, 2.24) is 25.5 Å². The molecular formula is C70H91FN8O7S. The van der Waals surface area contributed by atoms with Crippen LogP contribution in [0.1, 0.15) is 168 Å². The quantitative estimate of drug-likeness (QED) is 0.0234. The molecular weight excluding hydrogens is 1120 g/mol. The van der Waals surface area contributed by atoms with Crippen LogP contribution >= 0.6 is 11.3 Å². The molecule has 2 aromatic heterocycles. The predicted octanol–water partition coefficient (Wildman–Crippen LogP) is 15.1. The molecule has 15 nitrogen and oxygen atoms in total. The van der Waals surface area contributed by atoms with Crippen molar-refractivity contribution in [2.75, 3.05) is 42.3 Å². The van der Waals surface area contributed by atoms with Crippen molar-refractivity contribution in [3.05, 3.63) is 120 Å². The van der Waals surface area contributed by atoms with Gasteiger partial charge in [0.1, 0.15) is 40.6 Å². The zero-order valence-electron chi connectivity index (χ0n) is 52.2. The Balaban J connectivity index is 0.647. The van der Waals surface area contributed by atoms with Gasteiger partial charge in [-0.05, 0) is 142 Å². The molecule has 2 aliphatic rings. The molecule has 1 saturated heterocycles. The monoisotopic (exact) mass is 1210 g/mol. The molecule has 1 aliphatic carbocycles. The molecule has 8 rings (SSSR count). The number of hydrogen-bond acceptors (Lipinski definition) is 11. The lowest BCUT2D eigenvalue weighted by atomic mass is 9.85.